The summed E-state index contributed by atoms with van der Waals surface area (Å²) >= 11 is 0. The fourth-order valence-electron chi connectivity index (χ4n) is 2.47. The van der Waals surface area contributed by atoms with Crippen molar-refractivity contribution in [1.82, 2.24) is 9.97 Å². The van der Waals surface area contributed by atoms with Gasteiger partial charge in [-0.1, -0.05) is 19.9 Å². The van der Waals surface area contributed by atoms with Gasteiger partial charge in [-0.15, -0.1) is 0 Å². The molecular formula is C19H17N3O2. The molecule has 5 heteroatoms. The monoisotopic (exact) mass is 319 g/mol. The minimum Gasteiger partial charge on any atom is -0.456 e. The molecule has 0 atom stereocenters. The van der Waals surface area contributed by atoms with Crippen molar-refractivity contribution in [3.05, 3.63) is 54.4 Å². The Kier molecular flexibility index (Phi) is 4.61. The van der Waals surface area contributed by atoms with Crippen LogP contribution in [0.3, 0.4) is 0 Å². The van der Waals surface area contributed by atoms with Crippen molar-refractivity contribution in [2.75, 3.05) is 0 Å². The van der Waals surface area contributed by atoms with Gasteiger partial charge in [-0.05, 0) is 30.3 Å². The number of carbonyl (C=O) groups excluding carboxylic acids is 1. The van der Waals surface area contributed by atoms with Crippen molar-refractivity contribution < 1.29 is 9.53 Å². The van der Waals surface area contributed by atoms with Crippen LogP contribution < -0.4 is 4.74 Å². The van der Waals surface area contributed by atoms with E-state index in [0.29, 0.717) is 17.3 Å². The molecule has 3 aromatic rings. The fraction of sp³-hybridized carbons (Fsp3) is 0.158. The lowest BCUT2D eigenvalue weighted by atomic mass is 10.1. The van der Waals surface area contributed by atoms with E-state index in [1.54, 1.807) is 18.5 Å². The van der Waals surface area contributed by atoms with Crippen LogP contribution in [0.4, 0.5) is 5.82 Å². The summed E-state index contributed by atoms with van der Waals surface area (Å²) < 4.78 is 6.03. The molecule has 1 aliphatic rings. The Morgan fingerprint density at radius 3 is 2.71 bits per heavy atom. The number of carbonyl (C=O) groups is 1. The highest BCUT2D eigenvalue weighted by atomic mass is 16.5. The number of nitrogens with zero attached hydrogens (tertiary/aromatic N) is 3. The number of rotatable bonds is 2. The van der Waals surface area contributed by atoms with Crippen molar-refractivity contribution in [2.24, 2.45) is 4.99 Å². The molecule has 4 rings (SSSR count). The summed E-state index contributed by atoms with van der Waals surface area (Å²) in [5.74, 6) is 1.79. The maximum absolute atomic E-state index is 11.6. The van der Waals surface area contributed by atoms with Gasteiger partial charge < -0.3 is 4.74 Å². The molecule has 1 aromatic carbocycles. The first kappa shape index (κ1) is 15.8. The number of benzene rings is 1. The zero-order valence-corrected chi connectivity index (χ0v) is 13.6. The number of aromatic nitrogens is 2. The van der Waals surface area contributed by atoms with Crippen LogP contribution in [0.5, 0.6) is 11.5 Å². The number of hydrogen-bond donors (Lipinski definition) is 0. The van der Waals surface area contributed by atoms with Gasteiger partial charge in [0, 0.05) is 29.8 Å². The second-order valence-corrected chi connectivity index (χ2v) is 4.94. The molecule has 3 heterocycles. The third-order valence-corrected chi connectivity index (χ3v) is 3.50. The van der Waals surface area contributed by atoms with Gasteiger partial charge in [0.1, 0.15) is 11.5 Å². The summed E-state index contributed by atoms with van der Waals surface area (Å²) in [5.41, 5.74) is 1.58. The van der Waals surface area contributed by atoms with E-state index in [0.717, 1.165) is 16.5 Å². The lowest BCUT2D eigenvalue weighted by Gasteiger charge is -2.14. The van der Waals surface area contributed by atoms with Gasteiger partial charge in [0.15, 0.2) is 11.6 Å². The molecule has 0 spiro atoms. The van der Waals surface area contributed by atoms with Gasteiger partial charge in [-0.25, -0.2) is 9.98 Å². The highest BCUT2D eigenvalue weighted by molar-refractivity contribution is 6.29. The van der Waals surface area contributed by atoms with Crippen LogP contribution in [0, 0.1) is 0 Å². The minimum absolute atomic E-state index is 0.0510. The van der Waals surface area contributed by atoms with Crippen molar-refractivity contribution in [3.8, 4) is 11.5 Å². The van der Waals surface area contributed by atoms with E-state index in [9.17, 15) is 4.79 Å². The quantitative estimate of drug-likeness (QED) is 0.707. The molecule has 0 aliphatic carbocycles. The van der Waals surface area contributed by atoms with Crippen molar-refractivity contribution in [2.45, 2.75) is 20.3 Å². The molecule has 0 unspecified atom stereocenters. The Morgan fingerprint density at radius 1 is 0.958 bits per heavy atom. The maximum atomic E-state index is 11.6. The molecule has 120 valence electrons. The van der Waals surface area contributed by atoms with Crippen LogP contribution in [0.2, 0.25) is 0 Å². The van der Waals surface area contributed by atoms with Crippen molar-refractivity contribution in [3.63, 3.8) is 0 Å². The summed E-state index contributed by atoms with van der Waals surface area (Å²) in [7, 11) is 0. The molecule has 0 saturated heterocycles. The molecule has 5 nitrogen and oxygen atoms in total. The zero-order valence-electron chi connectivity index (χ0n) is 13.6. The Morgan fingerprint density at radius 2 is 1.83 bits per heavy atom. The molecule has 2 aromatic heterocycles. The Balaban J connectivity index is 0.000000815. The topological polar surface area (TPSA) is 64.4 Å². The highest BCUT2D eigenvalue weighted by Gasteiger charge is 2.18. The molecule has 0 radical (unpaired) electrons. The van der Waals surface area contributed by atoms with Gasteiger partial charge in [0.05, 0.1) is 11.7 Å². The normalized spacial score (nSPS) is 12.3. The predicted molar refractivity (Wildman–Crippen MR) is 94.3 cm³/mol. The lowest BCUT2D eigenvalue weighted by molar-refractivity contribution is -0.112. The average molecular weight is 319 g/mol. The van der Waals surface area contributed by atoms with E-state index in [2.05, 4.69) is 15.0 Å². The summed E-state index contributed by atoms with van der Waals surface area (Å²) in [6.07, 6.45) is 4.93. The highest BCUT2D eigenvalue weighted by Crippen LogP contribution is 2.35. The summed E-state index contributed by atoms with van der Waals surface area (Å²) in [4.78, 5) is 24.1. The average Bonchev–Trinajstić information content (AvgIpc) is 2.64. The fourth-order valence-corrected chi connectivity index (χ4v) is 2.47. The van der Waals surface area contributed by atoms with E-state index >= 15 is 0 Å². The zero-order chi connectivity index (χ0) is 16.9. The first-order chi connectivity index (χ1) is 11.8. The number of ether oxygens (including phenoxy) is 1. The number of pyridine rings is 2. The summed E-state index contributed by atoms with van der Waals surface area (Å²) in [6, 6.07) is 11.3. The van der Waals surface area contributed by atoms with Gasteiger partial charge in [-0.2, -0.15) is 0 Å². The van der Waals surface area contributed by atoms with E-state index in [4.69, 9.17) is 4.74 Å². The van der Waals surface area contributed by atoms with E-state index in [1.807, 2.05) is 44.2 Å². The summed E-state index contributed by atoms with van der Waals surface area (Å²) in [6.45, 7) is 4.00. The van der Waals surface area contributed by atoms with Crippen molar-refractivity contribution in [1.29, 1.82) is 0 Å². The smallest absolute Gasteiger partial charge is 0.178 e. The van der Waals surface area contributed by atoms with E-state index < -0.39 is 0 Å². The standard InChI is InChI=1S/C17H11N3O2.C2H6/c21-11-9-13-16(6-8-19-17(13)20-10-11)22-15-5-1-4-14-12(15)3-2-7-18-14;1-2/h1-8,10H,9H2;1-2H3. The molecule has 0 bridgehead atoms. The molecule has 1 aliphatic heterocycles. The molecule has 24 heavy (non-hydrogen) atoms. The number of ketones is 1. The van der Waals surface area contributed by atoms with Gasteiger partial charge in [0.25, 0.3) is 0 Å². The van der Waals surface area contributed by atoms with Crippen LogP contribution in [0.15, 0.2) is 53.8 Å². The minimum atomic E-state index is -0.0510. The number of fused-ring (bicyclic) bond motifs is 2. The maximum Gasteiger partial charge on any atom is 0.178 e. The third-order valence-electron chi connectivity index (χ3n) is 3.50. The molecular weight excluding hydrogens is 302 g/mol. The molecule has 0 amide bonds. The first-order valence-electron chi connectivity index (χ1n) is 7.87. The van der Waals surface area contributed by atoms with Crippen LogP contribution >= 0.6 is 0 Å². The molecule has 0 fully saturated rings. The number of aliphatic imine (C=N–C) groups is 1. The number of Topliss-reactive ketones (excluding diaryl/α,β-unsaturated/α-hetero) is 1. The third kappa shape index (κ3) is 3.01. The second kappa shape index (κ2) is 7.00. The predicted octanol–water partition coefficient (Wildman–Crippen LogP) is 4.28. The number of hydrogen-bond acceptors (Lipinski definition) is 5. The Labute approximate surface area is 140 Å². The first-order valence-corrected chi connectivity index (χ1v) is 7.87. The van der Waals surface area contributed by atoms with Gasteiger partial charge in [-0.3, -0.25) is 9.78 Å². The van der Waals surface area contributed by atoms with Crippen LogP contribution in [0.25, 0.3) is 10.9 Å². The van der Waals surface area contributed by atoms with Crippen molar-refractivity contribution >= 4 is 28.7 Å². The van der Waals surface area contributed by atoms with Crippen LogP contribution in [-0.2, 0) is 11.2 Å². The molecule has 0 N–H and O–H groups in total. The SMILES string of the molecule is CC.O=C1C=Nc2nccc(Oc3cccc4ncccc34)c2C1. The largest absolute Gasteiger partial charge is 0.456 e. The van der Waals surface area contributed by atoms with Gasteiger partial charge >= 0.3 is 0 Å². The summed E-state index contributed by atoms with van der Waals surface area (Å²) in [5, 5.41) is 0.918. The van der Waals surface area contributed by atoms with E-state index in [1.165, 1.54) is 6.21 Å². The van der Waals surface area contributed by atoms with Crippen LogP contribution in [0.1, 0.15) is 19.4 Å². The Hall–Kier alpha value is -3.08. The lowest BCUT2D eigenvalue weighted by Crippen LogP contribution is -2.10. The molecule has 0 saturated carbocycles. The van der Waals surface area contributed by atoms with E-state index in [-0.39, 0.29) is 12.2 Å². The van der Waals surface area contributed by atoms with Gasteiger partial charge in [0.2, 0.25) is 0 Å². The Bertz CT molecular complexity index is 914. The van der Waals surface area contributed by atoms with Crippen LogP contribution in [-0.4, -0.2) is 22.0 Å². The second-order valence-electron chi connectivity index (χ2n) is 4.94.